The van der Waals surface area contributed by atoms with Gasteiger partial charge in [-0.3, -0.25) is 0 Å². The standard InChI is InChI=1S/C42H64O17/c1-10-40(7,52)19-13-16-24(4)35(49)56-33-28(23-44)55-39(32(48)34(33)57-36(50)25(5)17-14-20-41(8,53)11-2)59-42(9,12-3)21-15-18-26(6)37(51)58-38-31(47)30(46)29(45)27(22-43)54-38/h10-12,16-18,27-34,38-39,43-48,52-53H,1-3,13-15,19-23H2,4-9H3/b24-16+,25-17+,26-18+/t27-,28-,29-,30+,31-,32-,33-,34-,38+,39+,40+,41-,42-/m1/s1. The number of carbonyl (C=O) groups is 3. The quantitative estimate of drug-likeness (QED) is 0.0330. The van der Waals surface area contributed by atoms with Crippen LogP contribution >= 0.6 is 0 Å². The summed E-state index contributed by atoms with van der Waals surface area (Å²) in [6.45, 7) is 18.6. The van der Waals surface area contributed by atoms with Crippen LogP contribution in [-0.4, -0.2) is 150 Å². The molecule has 59 heavy (non-hydrogen) atoms. The van der Waals surface area contributed by atoms with Crippen molar-refractivity contribution in [3.05, 3.63) is 72.9 Å². The van der Waals surface area contributed by atoms with E-state index in [4.69, 9.17) is 28.4 Å². The van der Waals surface area contributed by atoms with Crippen molar-refractivity contribution in [2.75, 3.05) is 13.2 Å². The highest BCUT2D eigenvalue weighted by Crippen LogP contribution is 2.33. The van der Waals surface area contributed by atoms with Crippen LogP contribution in [0.3, 0.4) is 0 Å². The highest BCUT2D eigenvalue weighted by molar-refractivity contribution is 5.89. The van der Waals surface area contributed by atoms with Gasteiger partial charge in [0.25, 0.3) is 0 Å². The van der Waals surface area contributed by atoms with Gasteiger partial charge in [0.05, 0.1) is 30.0 Å². The average molecular weight is 841 g/mol. The van der Waals surface area contributed by atoms with E-state index in [0.717, 1.165) is 0 Å². The van der Waals surface area contributed by atoms with E-state index in [9.17, 15) is 55.2 Å². The molecule has 2 fully saturated rings. The molecule has 0 saturated carbocycles. The van der Waals surface area contributed by atoms with Gasteiger partial charge in [-0.25, -0.2) is 14.4 Å². The third-order valence-corrected chi connectivity index (χ3v) is 10.3. The van der Waals surface area contributed by atoms with Crippen molar-refractivity contribution >= 4 is 17.9 Å². The highest BCUT2D eigenvalue weighted by atomic mass is 16.7. The topological polar surface area (TPSA) is 268 Å². The minimum atomic E-state index is -1.80. The van der Waals surface area contributed by atoms with Gasteiger partial charge < -0.3 is 69.3 Å². The first-order valence-corrected chi connectivity index (χ1v) is 19.4. The van der Waals surface area contributed by atoms with Crippen LogP contribution in [0.4, 0.5) is 0 Å². The highest BCUT2D eigenvalue weighted by Gasteiger charge is 2.52. The second-order valence-electron chi connectivity index (χ2n) is 15.6. The lowest BCUT2D eigenvalue weighted by molar-refractivity contribution is -0.322. The van der Waals surface area contributed by atoms with Crippen LogP contribution in [0, 0.1) is 0 Å². The number of aliphatic hydroxyl groups is 8. The van der Waals surface area contributed by atoms with Crippen molar-refractivity contribution in [1.82, 2.24) is 0 Å². The Balaban J connectivity index is 2.30. The van der Waals surface area contributed by atoms with Crippen LogP contribution in [0.5, 0.6) is 0 Å². The van der Waals surface area contributed by atoms with E-state index in [1.807, 2.05) is 0 Å². The second kappa shape index (κ2) is 22.9. The molecule has 0 aromatic carbocycles. The molecule has 17 heteroatoms. The lowest BCUT2D eigenvalue weighted by atomic mass is 9.96. The molecule has 334 valence electrons. The zero-order chi connectivity index (χ0) is 44.9. The second-order valence-corrected chi connectivity index (χ2v) is 15.6. The Hall–Kier alpha value is -3.59. The van der Waals surface area contributed by atoms with Gasteiger partial charge in [-0.1, -0.05) is 36.5 Å². The van der Waals surface area contributed by atoms with Gasteiger partial charge in [-0.15, -0.1) is 19.7 Å². The van der Waals surface area contributed by atoms with Gasteiger partial charge in [-0.05, 0) is 80.1 Å². The predicted octanol–water partition coefficient (Wildman–Crippen LogP) is 1.25. The van der Waals surface area contributed by atoms with Gasteiger partial charge in [0.15, 0.2) is 18.5 Å². The Morgan fingerprint density at radius 1 is 0.576 bits per heavy atom. The summed E-state index contributed by atoms with van der Waals surface area (Å²) in [5.41, 5.74) is -3.36. The fraction of sp³-hybridized carbons (Fsp3) is 0.643. The Morgan fingerprint density at radius 3 is 1.44 bits per heavy atom. The maximum Gasteiger partial charge on any atom is 0.335 e. The van der Waals surface area contributed by atoms with Crippen molar-refractivity contribution in [1.29, 1.82) is 0 Å². The van der Waals surface area contributed by atoms with Gasteiger partial charge >= 0.3 is 17.9 Å². The lowest BCUT2D eigenvalue weighted by Gasteiger charge is -2.45. The molecule has 0 aromatic heterocycles. The van der Waals surface area contributed by atoms with Crippen LogP contribution in [0.25, 0.3) is 0 Å². The number of ether oxygens (including phenoxy) is 6. The molecular formula is C42H64O17. The van der Waals surface area contributed by atoms with Crippen molar-refractivity contribution in [3.8, 4) is 0 Å². The average Bonchev–Trinajstić information content (AvgIpc) is 3.19. The summed E-state index contributed by atoms with van der Waals surface area (Å²) < 4.78 is 34.0. The summed E-state index contributed by atoms with van der Waals surface area (Å²) >= 11 is 0. The minimum absolute atomic E-state index is 0.0614. The summed E-state index contributed by atoms with van der Waals surface area (Å²) in [4.78, 5) is 39.5. The minimum Gasteiger partial charge on any atom is -0.452 e. The van der Waals surface area contributed by atoms with Crippen molar-refractivity contribution in [3.63, 3.8) is 0 Å². The number of esters is 3. The normalized spacial score (nSPS) is 31.1. The first-order chi connectivity index (χ1) is 27.5. The largest absolute Gasteiger partial charge is 0.452 e. The first-order valence-electron chi connectivity index (χ1n) is 19.4. The summed E-state index contributed by atoms with van der Waals surface area (Å²) in [7, 11) is 0. The molecule has 0 bridgehead atoms. The molecule has 2 aliphatic heterocycles. The van der Waals surface area contributed by atoms with Crippen molar-refractivity contribution < 1.29 is 83.7 Å². The third kappa shape index (κ3) is 15.1. The lowest BCUT2D eigenvalue weighted by Crippen LogP contribution is -2.62. The molecule has 2 rings (SSSR count). The number of rotatable bonds is 22. The van der Waals surface area contributed by atoms with E-state index < -0.39 is 109 Å². The summed E-state index contributed by atoms with van der Waals surface area (Å²) in [5, 5.41) is 82.2. The molecule has 17 nitrogen and oxygen atoms in total. The molecule has 0 aromatic rings. The Bertz CT molecular complexity index is 1550. The van der Waals surface area contributed by atoms with Crippen LogP contribution < -0.4 is 0 Å². The predicted molar refractivity (Wildman–Crippen MR) is 212 cm³/mol. The van der Waals surface area contributed by atoms with E-state index in [1.165, 1.54) is 57.2 Å². The number of carbonyl (C=O) groups excluding carboxylic acids is 3. The van der Waals surface area contributed by atoms with Crippen LogP contribution in [0.15, 0.2) is 72.9 Å². The molecule has 0 unspecified atom stereocenters. The number of hydrogen-bond donors (Lipinski definition) is 8. The smallest absolute Gasteiger partial charge is 0.335 e. The van der Waals surface area contributed by atoms with Gasteiger partial charge in [0.2, 0.25) is 6.29 Å². The monoisotopic (exact) mass is 840 g/mol. The number of allylic oxidation sites excluding steroid dienone is 3. The molecule has 0 amide bonds. The Kier molecular flexibility index (Phi) is 20.0. The van der Waals surface area contributed by atoms with Gasteiger partial charge in [0.1, 0.15) is 36.6 Å². The zero-order valence-electron chi connectivity index (χ0n) is 34.8. The summed E-state index contributed by atoms with van der Waals surface area (Å²) in [6, 6.07) is 0. The Labute approximate surface area is 345 Å². The van der Waals surface area contributed by atoms with E-state index in [-0.39, 0.29) is 55.2 Å². The molecule has 2 aliphatic rings. The van der Waals surface area contributed by atoms with Gasteiger partial charge in [0, 0.05) is 16.7 Å². The summed E-state index contributed by atoms with van der Waals surface area (Å²) in [5.74, 6) is -2.70. The molecular weight excluding hydrogens is 776 g/mol. The molecule has 2 saturated heterocycles. The first kappa shape index (κ1) is 51.6. The molecule has 2 heterocycles. The SMILES string of the molecule is C=C[C@](C)(O)CC/C=C(\C)C(=O)O[C@H]1[C@H](OC(=O)/C(C)=C/CC[C@](C)(O)C=C)[C@@H](O)[C@H](O[C@](C)(C=C)CC/C=C(\C)C(=O)O[C@@H]2O[C@H](CO)[C@@H](O)[C@H](O)[C@H]2O)O[C@@H]1CO. The molecule has 0 aliphatic carbocycles. The molecule has 13 atom stereocenters. The van der Waals surface area contributed by atoms with Crippen molar-refractivity contribution in [2.24, 2.45) is 0 Å². The van der Waals surface area contributed by atoms with Gasteiger partial charge in [-0.2, -0.15) is 0 Å². The van der Waals surface area contributed by atoms with Crippen molar-refractivity contribution in [2.45, 2.75) is 158 Å². The van der Waals surface area contributed by atoms with Crippen LogP contribution in [0.1, 0.15) is 80.1 Å². The number of aliphatic hydroxyl groups excluding tert-OH is 6. The number of hydrogen-bond acceptors (Lipinski definition) is 17. The molecule has 0 spiro atoms. The molecule has 0 radical (unpaired) electrons. The van der Waals surface area contributed by atoms with E-state index in [0.29, 0.717) is 0 Å². The van der Waals surface area contributed by atoms with Crippen LogP contribution in [0.2, 0.25) is 0 Å². The Morgan fingerprint density at radius 2 is 1.00 bits per heavy atom. The zero-order valence-corrected chi connectivity index (χ0v) is 34.8. The third-order valence-electron chi connectivity index (χ3n) is 10.3. The summed E-state index contributed by atoms with van der Waals surface area (Å²) in [6.07, 6.45) is -6.08. The fourth-order valence-electron chi connectivity index (χ4n) is 5.88. The fourth-order valence-corrected chi connectivity index (χ4v) is 5.88. The van der Waals surface area contributed by atoms with Crippen LogP contribution in [-0.2, 0) is 42.8 Å². The van der Waals surface area contributed by atoms with E-state index in [1.54, 1.807) is 20.8 Å². The van der Waals surface area contributed by atoms with E-state index in [2.05, 4.69) is 19.7 Å². The van der Waals surface area contributed by atoms with E-state index >= 15 is 0 Å². The maximum absolute atomic E-state index is 13.4. The molecule has 8 N–H and O–H groups in total. The maximum atomic E-state index is 13.4.